The van der Waals surface area contributed by atoms with Crippen molar-refractivity contribution in [1.29, 1.82) is 0 Å². The number of nitrogens with one attached hydrogen (secondary N) is 1. The maximum atomic E-state index is 3.89. The van der Waals surface area contributed by atoms with Gasteiger partial charge in [0.25, 0.3) is 0 Å². The number of hydrogen-bond acceptors (Lipinski definition) is 2. The van der Waals surface area contributed by atoms with Gasteiger partial charge < -0.3 is 0 Å². The Bertz CT molecular complexity index is 241. The summed E-state index contributed by atoms with van der Waals surface area (Å²) in [6, 6.07) is 0. The van der Waals surface area contributed by atoms with Crippen molar-refractivity contribution in [3.8, 4) is 0 Å². The van der Waals surface area contributed by atoms with Gasteiger partial charge in [0.2, 0.25) is 0 Å². The molecule has 1 heterocycles. The molecule has 1 nitrogen and oxygen atoms in total. The molecule has 0 radical (unpaired) electrons. The number of thioether (sulfide) groups is 1. The van der Waals surface area contributed by atoms with Gasteiger partial charge in [-0.3, -0.25) is 5.32 Å². The van der Waals surface area contributed by atoms with Gasteiger partial charge in [0, 0.05) is 11.3 Å². The molecule has 2 aliphatic rings. The Morgan fingerprint density at radius 2 is 1.67 bits per heavy atom. The van der Waals surface area contributed by atoms with Gasteiger partial charge in [-0.05, 0) is 44.9 Å². The van der Waals surface area contributed by atoms with Crippen LogP contribution in [0.1, 0.15) is 59.8 Å². The molecule has 1 aliphatic carbocycles. The molecule has 1 saturated carbocycles. The molecule has 0 amide bonds. The van der Waals surface area contributed by atoms with E-state index in [0.29, 0.717) is 15.8 Å². The highest BCUT2D eigenvalue weighted by Gasteiger charge is 2.44. The quantitative estimate of drug-likeness (QED) is 0.676. The highest BCUT2D eigenvalue weighted by atomic mass is 32.2. The van der Waals surface area contributed by atoms with Crippen molar-refractivity contribution in [3.05, 3.63) is 0 Å². The van der Waals surface area contributed by atoms with Crippen LogP contribution in [0, 0.1) is 5.41 Å². The van der Waals surface area contributed by atoms with E-state index in [9.17, 15) is 0 Å². The van der Waals surface area contributed by atoms with E-state index in [1.165, 1.54) is 37.9 Å². The average molecular weight is 227 g/mol. The maximum absolute atomic E-state index is 3.89. The Balaban J connectivity index is 2.05. The SMILES string of the molecule is CC1(C)CCCC2(CC1)NC(C)(C)CS2. The lowest BCUT2D eigenvalue weighted by Gasteiger charge is -2.31. The Labute approximate surface area is 98.8 Å². The van der Waals surface area contributed by atoms with E-state index in [-0.39, 0.29) is 0 Å². The minimum Gasteiger partial charge on any atom is -0.297 e. The normalized spacial score (nSPS) is 39.2. The van der Waals surface area contributed by atoms with E-state index in [4.69, 9.17) is 0 Å². The number of rotatable bonds is 0. The van der Waals surface area contributed by atoms with Crippen LogP contribution in [-0.4, -0.2) is 16.2 Å². The van der Waals surface area contributed by atoms with Crippen LogP contribution in [0.5, 0.6) is 0 Å². The van der Waals surface area contributed by atoms with Crippen molar-refractivity contribution in [1.82, 2.24) is 5.32 Å². The molecule has 0 aromatic carbocycles. The molecule has 2 rings (SSSR count). The summed E-state index contributed by atoms with van der Waals surface area (Å²) in [6.45, 7) is 9.53. The molecule has 88 valence electrons. The molecular weight excluding hydrogens is 202 g/mol. The second-order valence-electron chi connectivity index (χ2n) is 6.81. The van der Waals surface area contributed by atoms with Gasteiger partial charge in [0.05, 0.1) is 4.87 Å². The first-order valence-corrected chi connectivity index (χ1v) is 7.25. The predicted octanol–water partition coefficient (Wildman–Crippen LogP) is 3.79. The van der Waals surface area contributed by atoms with E-state index in [1.54, 1.807) is 0 Å². The predicted molar refractivity (Wildman–Crippen MR) is 69.3 cm³/mol. The third-order valence-corrected chi connectivity index (χ3v) is 5.84. The van der Waals surface area contributed by atoms with Crippen LogP contribution in [0.15, 0.2) is 0 Å². The Morgan fingerprint density at radius 3 is 2.27 bits per heavy atom. The van der Waals surface area contributed by atoms with Gasteiger partial charge in [-0.2, -0.15) is 0 Å². The molecule has 1 spiro atoms. The van der Waals surface area contributed by atoms with Crippen molar-refractivity contribution < 1.29 is 0 Å². The first-order valence-electron chi connectivity index (χ1n) is 6.26. The lowest BCUT2D eigenvalue weighted by Crippen LogP contribution is -2.47. The summed E-state index contributed by atoms with van der Waals surface area (Å²) < 4.78 is 0. The fourth-order valence-corrected chi connectivity index (χ4v) is 4.51. The first-order chi connectivity index (χ1) is 6.83. The van der Waals surface area contributed by atoms with Crippen LogP contribution in [0.4, 0.5) is 0 Å². The lowest BCUT2D eigenvalue weighted by molar-refractivity contribution is 0.295. The second kappa shape index (κ2) is 3.66. The summed E-state index contributed by atoms with van der Waals surface area (Å²) in [6.07, 6.45) is 6.89. The zero-order valence-corrected chi connectivity index (χ0v) is 11.5. The monoisotopic (exact) mass is 227 g/mol. The number of hydrogen-bond donors (Lipinski definition) is 1. The molecule has 0 aromatic heterocycles. The van der Waals surface area contributed by atoms with Crippen LogP contribution in [-0.2, 0) is 0 Å². The van der Waals surface area contributed by atoms with E-state index in [1.807, 2.05) is 0 Å². The fraction of sp³-hybridized carbons (Fsp3) is 1.00. The van der Waals surface area contributed by atoms with E-state index < -0.39 is 0 Å². The highest BCUT2D eigenvalue weighted by Crippen LogP contribution is 2.47. The summed E-state index contributed by atoms with van der Waals surface area (Å²) in [4.78, 5) is 0.414. The van der Waals surface area contributed by atoms with Crippen molar-refractivity contribution in [2.24, 2.45) is 5.41 Å². The molecule has 0 bridgehead atoms. The largest absolute Gasteiger partial charge is 0.297 e. The highest BCUT2D eigenvalue weighted by molar-refractivity contribution is 8.00. The van der Waals surface area contributed by atoms with Gasteiger partial charge in [-0.15, -0.1) is 11.8 Å². The van der Waals surface area contributed by atoms with Gasteiger partial charge >= 0.3 is 0 Å². The summed E-state index contributed by atoms with van der Waals surface area (Å²) >= 11 is 2.18. The molecular formula is C13H25NS. The van der Waals surface area contributed by atoms with Crippen molar-refractivity contribution >= 4 is 11.8 Å². The smallest absolute Gasteiger partial charge is 0.0650 e. The molecule has 1 saturated heterocycles. The minimum atomic E-state index is 0.346. The molecule has 0 aromatic rings. The van der Waals surface area contributed by atoms with Crippen LogP contribution < -0.4 is 5.32 Å². The Morgan fingerprint density at radius 1 is 0.933 bits per heavy atom. The molecule has 1 atom stereocenters. The van der Waals surface area contributed by atoms with E-state index in [0.717, 1.165) is 0 Å². The molecule has 1 N–H and O–H groups in total. The third kappa shape index (κ3) is 2.71. The zero-order valence-electron chi connectivity index (χ0n) is 10.7. The van der Waals surface area contributed by atoms with E-state index in [2.05, 4.69) is 44.8 Å². The molecule has 1 unspecified atom stereocenters. The minimum absolute atomic E-state index is 0.346. The third-order valence-electron chi connectivity index (χ3n) is 3.92. The van der Waals surface area contributed by atoms with Crippen molar-refractivity contribution in [2.45, 2.75) is 70.2 Å². The summed E-state index contributed by atoms with van der Waals surface area (Å²) in [5.74, 6) is 1.27. The van der Waals surface area contributed by atoms with Gasteiger partial charge in [-0.1, -0.05) is 20.3 Å². The summed E-state index contributed by atoms with van der Waals surface area (Å²) in [7, 11) is 0. The van der Waals surface area contributed by atoms with Crippen LogP contribution in [0.3, 0.4) is 0 Å². The van der Waals surface area contributed by atoms with Crippen molar-refractivity contribution in [3.63, 3.8) is 0 Å². The lowest BCUT2D eigenvalue weighted by atomic mass is 9.85. The van der Waals surface area contributed by atoms with Gasteiger partial charge in [0.15, 0.2) is 0 Å². The van der Waals surface area contributed by atoms with Gasteiger partial charge in [0.1, 0.15) is 0 Å². The second-order valence-corrected chi connectivity index (χ2v) is 8.17. The van der Waals surface area contributed by atoms with Gasteiger partial charge in [-0.25, -0.2) is 0 Å². The average Bonchev–Trinajstić information content (AvgIpc) is 2.31. The van der Waals surface area contributed by atoms with Crippen molar-refractivity contribution in [2.75, 3.05) is 5.75 Å². The molecule has 15 heavy (non-hydrogen) atoms. The summed E-state index contributed by atoms with van der Waals surface area (Å²) in [5, 5.41) is 3.89. The molecule has 1 aliphatic heterocycles. The molecule has 2 fully saturated rings. The maximum Gasteiger partial charge on any atom is 0.0650 e. The van der Waals surface area contributed by atoms with Crippen LogP contribution >= 0.6 is 11.8 Å². The Hall–Kier alpha value is 0.310. The topological polar surface area (TPSA) is 12.0 Å². The Kier molecular flexibility index (Phi) is 2.88. The molecule has 2 heteroatoms. The summed E-state index contributed by atoms with van der Waals surface area (Å²) in [5.41, 5.74) is 0.914. The fourth-order valence-electron chi connectivity index (χ4n) is 2.92. The van der Waals surface area contributed by atoms with Crippen LogP contribution in [0.2, 0.25) is 0 Å². The standard InChI is InChI=1S/C13H25NS/c1-11(2)6-5-7-13(9-8-11)14-12(3,4)10-15-13/h14H,5-10H2,1-4H3. The first kappa shape index (κ1) is 11.8. The van der Waals surface area contributed by atoms with E-state index >= 15 is 0 Å². The zero-order chi connectivity index (χ0) is 11.2. The van der Waals surface area contributed by atoms with Crippen LogP contribution in [0.25, 0.3) is 0 Å².